The predicted molar refractivity (Wildman–Crippen MR) is 236 cm³/mol. The molecule has 1 heterocycles. The highest BCUT2D eigenvalue weighted by Gasteiger charge is 2.44. The first-order valence-electron chi connectivity index (χ1n) is 24.1. The van der Waals surface area contributed by atoms with E-state index in [9.17, 15) is 35.4 Å². The number of allylic oxidation sites excluding steroid dienone is 3. The van der Waals surface area contributed by atoms with Gasteiger partial charge in [-0.1, -0.05) is 199 Å². The van der Waals surface area contributed by atoms with Gasteiger partial charge in [-0.05, 0) is 25.7 Å². The van der Waals surface area contributed by atoms with Crippen molar-refractivity contribution in [3.8, 4) is 0 Å². The van der Waals surface area contributed by atoms with E-state index < -0.39 is 55.6 Å². The Balaban J connectivity index is 2.38. The van der Waals surface area contributed by atoms with Gasteiger partial charge >= 0.3 is 0 Å². The summed E-state index contributed by atoms with van der Waals surface area (Å²) >= 11 is 0. The summed E-state index contributed by atoms with van der Waals surface area (Å²) in [5, 5.41) is 64.9. The van der Waals surface area contributed by atoms with E-state index in [0.29, 0.717) is 6.42 Å². The average Bonchev–Trinajstić information content (AvgIpc) is 3.21. The molecule has 8 atom stereocenters. The lowest BCUT2D eigenvalue weighted by Crippen LogP contribution is -2.60. The molecule has 342 valence electrons. The van der Waals surface area contributed by atoms with Crippen LogP contribution in [-0.2, 0) is 14.3 Å². The molecule has 1 aliphatic rings. The van der Waals surface area contributed by atoms with E-state index in [4.69, 9.17) is 9.47 Å². The first kappa shape index (κ1) is 54.6. The van der Waals surface area contributed by atoms with Crippen LogP contribution in [0.4, 0.5) is 0 Å². The van der Waals surface area contributed by atoms with Crippen molar-refractivity contribution >= 4 is 5.91 Å². The third kappa shape index (κ3) is 29.0. The second-order valence-electron chi connectivity index (χ2n) is 17.1. The van der Waals surface area contributed by atoms with Gasteiger partial charge in [0.2, 0.25) is 5.91 Å². The number of carbonyl (C=O) groups is 1. The Labute approximate surface area is 354 Å². The molecule has 0 aliphatic carbocycles. The zero-order valence-corrected chi connectivity index (χ0v) is 37.2. The van der Waals surface area contributed by atoms with Crippen LogP contribution in [0, 0.1) is 0 Å². The molecule has 1 aliphatic heterocycles. The molecule has 0 unspecified atom stereocenters. The van der Waals surface area contributed by atoms with E-state index in [1.807, 2.05) is 6.08 Å². The summed E-state index contributed by atoms with van der Waals surface area (Å²) in [4.78, 5) is 13.0. The number of ether oxygens (including phenoxy) is 2. The Kier molecular flexibility index (Phi) is 36.3. The molecule has 1 fully saturated rings. The maximum Gasteiger partial charge on any atom is 0.220 e. The first-order valence-corrected chi connectivity index (χ1v) is 24.1. The number of amides is 1. The molecule has 0 spiro atoms. The van der Waals surface area contributed by atoms with Crippen LogP contribution in [0.5, 0.6) is 0 Å². The van der Waals surface area contributed by atoms with Crippen LogP contribution >= 0.6 is 0 Å². The Hall–Kier alpha value is -1.37. The maximum absolute atomic E-state index is 13.0. The van der Waals surface area contributed by atoms with Crippen LogP contribution < -0.4 is 5.32 Å². The average molecular weight is 826 g/mol. The quantitative estimate of drug-likeness (QED) is 0.0235. The lowest BCUT2D eigenvalue weighted by molar-refractivity contribution is -0.302. The molecule has 0 aromatic rings. The molecule has 0 bridgehead atoms. The normalized spacial score (nSPS) is 21.6. The van der Waals surface area contributed by atoms with Crippen molar-refractivity contribution in [3.05, 3.63) is 24.3 Å². The Morgan fingerprint density at radius 3 is 1.57 bits per heavy atom. The van der Waals surface area contributed by atoms with Crippen molar-refractivity contribution in [2.45, 2.75) is 262 Å². The number of aliphatic hydroxyl groups is 6. The van der Waals surface area contributed by atoms with Gasteiger partial charge in [-0.15, -0.1) is 0 Å². The second kappa shape index (κ2) is 38.5. The van der Waals surface area contributed by atoms with E-state index in [1.54, 1.807) is 6.08 Å². The fourth-order valence-electron chi connectivity index (χ4n) is 7.71. The van der Waals surface area contributed by atoms with Gasteiger partial charge in [0.05, 0.1) is 31.5 Å². The molecule has 10 heteroatoms. The summed E-state index contributed by atoms with van der Waals surface area (Å²) in [5.74, 6) is -0.252. The SMILES string of the molecule is CCCCCCCCCCCCCCCCC/C=C/C/C=C/[C@@H](O)C[C@H](O)[C@H](CO[C@H]1O[C@H](CO)[C@@H](O)[C@H](O)[C@H]1O)NC(=O)CCCCCCCCCCCCCC. The molecule has 10 nitrogen and oxygen atoms in total. The van der Waals surface area contributed by atoms with Crippen molar-refractivity contribution in [2.75, 3.05) is 13.2 Å². The number of hydrogen-bond donors (Lipinski definition) is 7. The Morgan fingerprint density at radius 1 is 0.621 bits per heavy atom. The molecule has 0 aromatic carbocycles. The van der Waals surface area contributed by atoms with Crippen molar-refractivity contribution in [1.82, 2.24) is 5.32 Å². The first-order chi connectivity index (χ1) is 28.2. The van der Waals surface area contributed by atoms with Gasteiger partial charge in [0, 0.05) is 12.8 Å². The summed E-state index contributed by atoms with van der Waals surface area (Å²) in [7, 11) is 0. The molecule has 0 aromatic heterocycles. The minimum atomic E-state index is -1.61. The van der Waals surface area contributed by atoms with Crippen LogP contribution in [0.2, 0.25) is 0 Å². The fraction of sp³-hybridized carbons (Fsp3) is 0.896. The van der Waals surface area contributed by atoms with Crippen LogP contribution in [0.3, 0.4) is 0 Å². The molecule has 58 heavy (non-hydrogen) atoms. The second-order valence-corrected chi connectivity index (χ2v) is 17.1. The highest BCUT2D eigenvalue weighted by Crippen LogP contribution is 2.23. The monoisotopic (exact) mass is 826 g/mol. The number of rotatable bonds is 40. The van der Waals surface area contributed by atoms with E-state index >= 15 is 0 Å². The highest BCUT2D eigenvalue weighted by atomic mass is 16.7. The predicted octanol–water partition coefficient (Wildman–Crippen LogP) is 9.25. The molecule has 1 amide bonds. The third-order valence-corrected chi connectivity index (χ3v) is 11.6. The van der Waals surface area contributed by atoms with Crippen molar-refractivity contribution in [3.63, 3.8) is 0 Å². The van der Waals surface area contributed by atoms with E-state index in [2.05, 4.69) is 31.3 Å². The zero-order chi connectivity index (χ0) is 42.5. The van der Waals surface area contributed by atoms with Crippen LogP contribution in [0.25, 0.3) is 0 Å². The molecule has 0 saturated carbocycles. The minimum Gasteiger partial charge on any atom is -0.394 e. The topological polar surface area (TPSA) is 169 Å². The standard InChI is InChI=1S/C48H91NO9/c1-3-5-7-9-11-13-15-17-18-19-20-21-22-23-24-25-27-29-31-33-35-40(51)37-42(52)41(39-57-48-47(56)46(55)45(54)43(38-50)58-48)49-44(53)36-34-32-30-28-26-16-14-12-10-8-6-4-2/h27,29,33,35,40-43,45-48,50-52,54-56H,3-26,28,30-32,34,36-39H2,1-2H3,(H,49,53)/b29-27+,35-33+/t40-,41+,42+,43-,45-,46+,47-,48+/m1/s1. The van der Waals surface area contributed by atoms with Gasteiger partial charge in [0.15, 0.2) is 6.29 Å². The van der Waals surface area contributed by atoms with Gasteiger partial charge in [-0.2, -0.15) is 0 Å². The van der Waals surface area contributed by atoms with Gasteiger partial charge < -0.3 is 45.4 Å². The van der Waals surface area contributed by atoms with Crippen LogP contribution in [-0.4, -0.2) is 98.7 Å². The summed E-state index contributed by atoms with van der Waals surface area (Å²) in [6, 6.07) is -0.935. The van der Waals surface area contributed by atoms with E-state index in [1.165, 1.54) is 148 Å². The lowest BCUT2D eigenvalue weighted by atomic mass is 9.99. The summed E-state index contributed by atoms with van der Waals surface area (Å²) in [6.07, 6.45) is 34.9. The van der Waals surface area contributed by atoms with Crippen molar-refractivity contribution in [1.29, 1.82) is 0 Å². The number of hydrogen-bond acceptors (Lipinski definition) is 9. The lowest BCUT2D eigenvalue weighted by Gasteiger charge is -2.40. The largest absolute Gasteiger partial charge is 0.394 e. The van der Waals surface area contributed by atoms with Crippen LogP contribution in [0.1, 0.15) is 213 Å². The van der Waals surface area contributed by atoms with E-state index in [0.717, 1.165) is 32.1 Å². The molecular weight excluding hydrogens is 735 g/mol. The Bertz CT molecular complexity index is 979. The number of aliphatic hydroxyl groups excluding tert-OH is 6. The summed E-state index contributed by atoms with van der Waals surface area (Å²) in [5.41, 5.74) is 0. The Morgan fingerprint density at radius 2 is 1.09 bits per heavy atom. The number of nitrogens with one attached hydrogen (secondary N) is 1. The minimum absolute atomic E-state index is 0.0546. The zero-order valence-electron chi connectivity index (χ0n) is 37.2. The molecule has 7 N–H and O–H groups in total. The van der Waals surface area contributed by atoms with Gasteiger partial charge in [-0.25, -0.2) is 0 Å². The van der Waals surface area contributed by atoms with Gasteiger partial charge in [0.1, 0.15) is 24.4 Å². The number of carbonyl (C=O) groups excluding carboxylic acids is 1. The van der Waals surface area contributed by atoms with Crippen molar-refractivity contribution < 1.29 is 44.9 Å². The fourth-order valence-corrected chi connectivity index (χ4v) is 7.71. The van der Waals surface area contributed by atoms with Crippen molar-refractivity contribution in [2.24, 2.45) is 0 Å². The smallest absolute Gasteiger partial charge is 0.220 e. The molecule has 1 saturated heterocycles. The third-order valence-electron chi connectivity index (χ3n) is 11.6. The van der Waals surface area contributed by atoms with Crippen LogP contribution in [0.15, 0.2) is 24.3 Å². The molecule has 0 radical (unpaired) electrons. The summed E-state index contributed by atoms with van der Waals surface area (Å²) in [6.45, 7) is 3.63. The molecule has 1 rings (SSSR count). The van der Waals surface area contributed by atoms with Gasteiger partial charge in [-0.3, -0.25) is 4.79 Å². The maximum atomic E-state index is 13.0. The van der Waals surface area contributed by atoms with E-state index in [-0.39, 0.29) is 25.4 Å². The molecular formula is C48H91NO9. The van der Waals surface area contributed by atoms with Gasteiger partial charge in [0.25, 0.3) is 0 Å². The summed E-state index contributed by atoms with van der Waals surface area (Å²) < 4.78 is 11.1. The number of unbranched alkanes of at least 4 members (excludes halogenated alkanes) is 26. The highest BCUT2D eigenvalue weighted by molar-refractivity contribution is 5.76.